The van der Waals surface area contributed by atoms with Gasteiger partial charge in [0, 0.05) is 29.3 Å². The van der Waals surface area contributed by atoms with Crippen molar-refractivity contribution in [1.29, 1.82) is 0 Å². The zero-order valence-corrected chi connectivity index (χ0v) is 13.2. The van der Waals surface area contributed by atoms with E-state index in [-0.39, 0.29) is 0 Å². The van der Waals surface area contributed by atoms with Gasteiger partial charge in [0.05, 0.1) is 0 Å². The number of hydrogen-bond donors (Lipinski definition) is 1. The van der Waals surface area contributed by atoms with Crippen molar-refractivity contribution >= 4 is 0 Å². The minimum atomic E-state index is 0.769. The highest BCUT2D eigenvalue weighted by atomic mass is 14.9. The first-order chi connectivity index (χ1) is 10.2. The van der Waals surface area contributed by atoms with Crippen LogP contribution in [0.4, 0.5) is 0 Å². The molecule has 0 fully saturated rings. The second-order valence-electron chi connectivity index (χ2n) is 5.29. The van der Waals surface area contributed by atoms with E-state index in [1.807, 2.05) is 18.3 Å². The van der Waals surface area contributed by atoms with Gasteiger partial charge in [0.1, 0.15) is 0 Å². The van der Waals surface area contributed by atoms with Gasteiger partial charge in [-0.25, -0.2) is 9.97 Å². The van der Waals surface area contributed by atoms with Gasteiger partial charge in [-0.1, -0.05) is 6.92 Å². The number of rotatable bonds is 7. The van der Waals surface area contributed by atoms with Crippen LogP contribution in [0, 0.1) is 13.8 Å². The molecule has 2 aromatic heterocycles. The molecule has 2 rings (SSSR count). The topological polar surface area (TPSA) is 50.7 Å². The van der Waals surface area contributed by atoms with Gasteiger partial charge in [0.15, 0.2) is 5.82 Å². The molecule has 0 radical (unpaired) electrons. The van der Waals surface area contributed by atoms with Crippen molar-refractivity contribution in [2.45, 2.75) is 40.0 Å². The van der Waals surface area contributed by atoms with E-state index in [1.54, 1.807) is 6.20 Å². The van der Waals surface area contributed by atoms with Crippen LogP contribution >= 0.6 is 0 Å². The average Bonchev–Trinajstić information content (AvgIpc) is 2.50. The predicted molar refractivity (Wildman–Crippen MR) is 86.2 cm³/mol. The lowest BCUT2D eigenvalue weighted by Crippen LogP contribution is -2.17. The Morgan fingerprint density at radius 1 is 1.10 bits per heavy atom. The lowest BCUT2D eigenvalue weighted by Gasteiger charge is -2.11. The summed E-state index contributed by atoms with van der Waals surface area (Å²) < 4.78 is 0. The van der Waals surface area contributed by atoms with Crippen molar-refractivity contribution < 1.29 is 0 Å². The second kappa shape index (κ2) is 7.84. The second-order valence-corrected chi connectivity index (χ2v) is 5.29. The summed E-state index contributed by atoms with van der Waals surface area (Å²) in [5, 5.41) is 3.43. The first kappa shape index (κ1) is 15.6. The van der Waals surface area contributed by atoms with Gasteiger partial charge in [-0.2, -0.15) is 0 Å². The first-order valence-electron chi connectivity index (χ1n) is 7.67. The van der Waals surface area contributed by atoms with Gasteiger partial charge >= 0.3 is 0 Å². The Morgan fingerprint density at radius 2 is 1.86 bits per heavy atom. The van der Waals surface area contributed by atoms with E-state index in [4.69, 9.17) is 0 Å². The Bertz CT molecular complexity index is 543. The van der Waals surface area contributed by atoms with Crippen molar-refractivity contribution in [2.75, 3.05) is 13.1 Å². The van der Waals surface area contributed by atoms with E-state index in [0.29, 0.717) is 0 Å². The summed E-state index contributed by atoms with van der Waals surface area (Å²) in [6.45, 7) is 8.48. The molecule has 4 nitrogen and oxygen atoms in total. The Balaban J connectivity index is 2.07. The van der Waals surface area contributed by atoms with Crippen LogP contribution in [0.15, 0.2) is 24.5 Å². The fourth-order valence-corrected chi connectivity index (χ4v) is 2.42. The van der Waals surface area contributed by atoms with E-state index < -0.39 is 0 Å². The van der Waals surface area contributed by atoms with Crippen molar-refractivity contribution in [3.05, 3.63) is 41.5 Å². The van der Waals surface area contributed by atoms with Gasteiger partial charge in [-0.3, -0.25) is 4.98 Å². The minimum absolute atomic E-state index is 0.769. The zero-order chi connectivity index (χ0) is 15.1. The van der Waals surface area contributed by atoms with E-state index in [1.165, 1.54) is 12.0 Å². The molecule has 0 saturated heterocycles. The maximum Gasteiger partial charge on any atom is 0.161 e. The smallest absolute Gasteiger partial charge is 0.161 e. The molecule has 0 atom stereocenters. The molecule has 0 aromatic carbocycles. The van der Waals surface area contributed by atoms with E-state index in [2.05, 4.69) is 41.0 Å². The largest absolute Gasteiger partial charge is 0.317 e. The molecule has 4 heteroatoms. The number of aryl methyl sites for hydroxylation is 2. The summed E-state index contributed by atoms with van der Waals surface area (Å²) in [7, 11) is 0. The molecule has 0 amide bonds. The average molecular weight is 284 g/mol. The van der Waals surface area contributed by atoms with Crippen molar-refractivity contribution in [3.63, 3.8) is 0 Å². The molecule has 2 aromatic rings. The standard InChI is InChI=1S/C17H24N4/c1-4-9-18-10-6-8-16-13(2)20-17(21-14(16)3)15-7-5-11-19-12-15/h5,7,11-12,18H,4,6,8-10H2,1-3H3. The van der Waals surface area contributed by atoms with Crippen molar-refractivity contribution in [3.8, 4) is 11.4 Å². The number of nitrogens with one attached hydrogen (secondary N) is 1. The van der Waals surface area contributed by atoms with Gasteiger partial charge in [-0.15, -0.1) is 0 Å². The summed E-state index contributed by atoms with van der Waals surface area (Å²) in [6, 6.07) is 3.91. The van der Waals surface area contributed by atoms with Crippen LogP contribution in [-0.4, -0.2) is 28.0 Å². The number of aromatic nitrogens is 3. The molecule has 0 aliphatic carbocycles. The van der Waals surface area contributed by atoms with Crippen LogP contribution in [0.25, 0.3) is 11.4 Å². The third kappa shape index (κ3) is 4.33. The molecular formula is C17H24N4. The fourth-order valence-electron chi connectivity index (χ4n) is 2.42. The molecular weight excluding hydrogens is 260 g/mol. The predicted octanol–water partition coefficient (Wildman–Crippen LogP) is 3.09. The highest BCUT2D eigenvalue weighted by Crippen LogP contribution is 2.18. The van der Waals surface area contributed by atoms with Crippen LogP contribution in [0.2, 0.25) is 0 Å². The SMILES string of the molecule is CCCNCCCc1c(C)nc(-c2cccnc2)nc1C. The molecule has 1 N–H and O–H groups in total. The molecule has 0 aliphatic heterocycles. The Labute approximate surface area is 127 Å². The summed E-state index contributed by atoms with van der Waals surface area (Å²) in [5.74, 6) is 0.769. The molecule has 0 spiro atoms. The molecule has 0 bridgehead atoms. The third-order valence-electron chi connectivity index (χ3n) is 3.55. The van der Waals surface area contributed by atoms with Crippen LogP contribution in [0.5, 0.6) is 0 Å². The monoisotopic (exact) mass is 284 g/mol. The van der Waals surface area contributed by atoms with Crippen LogP contribution in [0.3, 0.4) is 0 Å². The van der Waals surface area contributed by atoms with Crippen molar-refractivity contribution in [2.24, 2.45) is 0 Å². The first-order valence-corrected chi connectivity index (χ1v) is 7.67. The van der Waals surface area contributed by atoms with Gasteiger partial charge in [0.25, 0.3) is 0 Å². The maximum atomic E-state index is 4.65. The van der Waals surface area contributed by atoms with E-state index in [0.717, 1.165) is 48.7 Å². The van der Waals surface area contributed by atoms with Crippen molar-refractivity contribution in [1.82, 2.24) is 20.3 Å². The quantitative estimate of drug-likeness (QED) is 0.794. The lowest BCUT2D eigenvalue weighted by atomic mass is 10.1. The van der Waals surface area contributed by atoms with Gasteiger partial charge in [-0.05, 0) is 63.9 Å². The summed E-state index contributed by atoms with van der Waals surface area (Å²) in [6.07, 6.45) is 6.91. The van der Waals surface area contributed by atoms with E-state index in [9.17, 15) is 0 Å². The molecule has 0 unspecified atom stereocenters. The zero-order valence-electron chi connectivity index (χ0n) is 13.2. The van der Waals surface area contributed by atoms with Crippen LogP contribution in [-0.2, 0) is 6.42 Å². The maximum absolute atomic E-state index is 4.65. The molecule has 0 aliphatic rings. The molecule has 112 valence electrons. The Hall–Kier alpha value is -1.81. The fraction of sp³-hybridized carbons (Fsp3) is 0.471. The van der Waals surface area contributed by atoms with E-state index >= 15 is 0 Å². The van der Waals surface area contributed by atoms with Gasteiger partial charge in [0.2, 0.25) is 0 Å². The lowest BCUT2D eigenvalue weighted by molar-refractivity contribution is 0.636. The Kier molecular flexibility index (Phi) is 5.81. The summed E-state index contributed by atoms with van der Waals surface area (Å²) >= 11 is 0. The number of hydrogen-bond acceptors (Lipinski definition) is 4. The third-order valence-corrected chi connectivity index (χ3v) is 3.55. The minimum Gasteiger partial charge on any atom is -0.317 e. The van der Waals surface area contributed by atoms with Gasteiger partial charge < -0.3 is 5.32 Å². The number of pyridine rings is 1. The highest BCUT2D eigenvalue weighted by Gasteiger charge is 2.09. The summed E-state index contributed by atoms with van der Waals surface area (Å²) in [5.41, 5.74) is 4.41. The van der Waals surface area contributed by atoms with Crippen LogP contribution < -0.4 is 5.32 Å². The summed E-state index contributed by atoms with van der Waals surface area (Å²) in [4.78, 5) is 13.4. The number of nitrogens with zero attached hydrogens (tertiary/aromatic N) is 3. The normalized spacial score (nSPS) is 10.8. The molecule has 21 heavy (non-hydrogen) atoms. The highest BCUT2D eigenvalue weighted by molar-refractivity contribution is 5.54. The molecule has 2 heterocycles. The van der Waals surface area contributed by atoms with Crippen LogP contribution in [0.1, 0.15) is 36.7 Å². The molecule has 0 saturated carbocycles. The Morgan fingerprint density at radius 3 is 2.48 bits per heavy atom.